The van der Waals surface area contributed by atoms with Gasteiger partial charge in [-0.05, 0) is 25.1 Å². The highest BCUT2D eigenvalue weighted by Gasteiger charge is 2.16. The molecule has 3 aromatic rings. The van der Waals surface area contributed by atoms with Crippen LogP contribution in [0.5, 0.6) is 0 Å². The minimum Gasteiger partial charge on any atom is -0.334 e. The smallest absolute Gasteiger partial charge is 0.311 e. The van der Waals surface area contributed by atoms with E-state index < -0.39 is 4.92 Å². The van der Waals surface area contributed by atoms with Gasteiger partial charge in [-0.15, -0.1) is 0 Å². The predicted octanol–water partition coefficient (Wildman–Crippen LogP) is 4.71. The van der Waals surface area contributed by atoms with Crippen molar-refractivity contribution >= 4 is 17.2 Å². The number of hydrogen-bond donors (Lipinski definition) is 1. The van der Waals surface area contributed by atoms with Crippen molar-refractivity contribution in [1.29, 1.82) is 0 Å². The number of rotatable bonds is 4. The molecule has 2 aromatic carbocycles. The Labute approximate surface area is 133 Å². The first-order valence-corrected chi connectivity index (χ1v) is 7.18. The highest BCUT2D eigenvalue weighted by molar-refractivity contribution is 5.70. The highest BCUT2D eigenvalue weighted by atomic mass is 16.6. The Morgan fingerprint density at radius 1 is 0.957 bits per heavy atom. The number of aryl methyl sites for hydroxylation is 1. The molecule has 5 heteroatoms. The number of nitro groups is 1. The average Bonchev–Trinajstić information content (AvgIpc) is 2.57. The zero-order valence-electron chi connectivity index (χ0n) is 12.6. The summed E-state index contributed by atoms with van der Waals surface area (Å²) >= 11 is 0. The van der Waals surface area contributed by atoms with Gasteiger partial charge in [0.2, 0.25) is 5.82 Å². The lowest BCUT2D eigenvalue weighted by atomic mass is 10.1. The van der Waals surface area contributed by atoms with Crippen molar-refractivity contribution in [3.63, 3.8) is 0 Å². The lowest BCUT2D eigenvalue weighted by molar-refractivity contribution is -0.384. The van der Waals surface area contributed by atoms with E-state index in [1.807, 2.05) is 61.5 Å². The average molecular weight is 305 g/mol. The minimum atomic E-state index is -0.432. The molecule has 0 unspecified atom stereocenters. The molecule has 1 heterocycles. The third-order valence-corrected chi connectivity index (χ3v) is 3.45. The summed E-state index contributed by atoms with van der Waals surface area (Å²) in [7, 11) is 0. The summed E-state index contributed by atoms with van der Waals surface area (Å²) in [5.41, 5.74) is 3.43. The summed E-state index contributed by atoms with van der Waals surface area (Å²) in [5, 5.41) is 14.3. The fourth-order valence-corrected chi connectivity index (χ4v) is 2.23. The molecule has 0 aliphatic carbocycles. The molecular weight excluding hydrogens is 290 g/mol. The first kappa shape index (κ1) is 14.7. The number of nitrogens with one attached hydrogen (secondary N) is 1. The lowest BCUT2D eigenvalue weighted by Crippen LogP contribution is -2.00. The molecule has 0 fully saturated rings. The molecule has 0 aliphatic rings. The van der Waals surface area contributed by atoms with E-state index >= 15 is 0 Å². The minimum absolute atomic E-state index is 0.0507. The van der Waals surface area contributed by atoms with Crippen molar-refractivity contribution in [2.45, 2.75) is 6.92 Å². The van der Waals surface area contributed by atoms with E-state index in [4.69, 9.17) is 0 Å². The topological polar surface area (TPSA) is 68.1 Å². The molecule has 0 bridgehead atoms. The van der Waals surface area contributed by atoms with Gasteiger partial charge in [0.1, 0.15) is 0 Å². The molecule has 0 amide bonds. The first-order chi connectivity index (χ1) is 11.1. The van der Waals surface area contributed by atoms with Crippen LogP contribution in [0.3, 0.4) is 0 Å². The van der Waals surface area contributed by atoms with Gasteiger partial charge < -0.3 is 5.32 Å². The maximum atomic E-state index is 11.2. The molecule has 5 nitrogen and oxygen atoms in total. The van der Waals surface area contributed by atoms with Gasteiger partial charge >= 0.3 is 5.69 Å². The number of pyridine rings is 1. The Hall–Kier alpha value is -3.21. The van der Waals surface area contributed by atoms with Crippen LogP contribution in [0.15, 0.2) is 66.7 Å². The zero-order chi connectivity index (χ0) is 16.2. The molecule has 1 N–H and O–H groups in total. The standard InChI is InChI=1S/C18H15N3O2/c1-13-7-9-15(10-8-13)19-18-17(21(22)23)12-11-16(20-18)14-5-3-2-4-6-14/h2-12H,1H3,(H,19,20). The molecule has 0 saturated carbocycles. The Bertz CT molecular complexity index is 831. The summed E-state index contributed by atoms with van der Waals surface area (Å²) in [5.74, 6) is 0.236. The van der Waals surface area contributed by atoms with Crippen molar-refractivity contribution < 1.29 is 4.92 Å². The molecule has 0 radical (unpaired) electrons. The van der Waals surface area contributed by atoms with Crippen LogP contribution in [0.4, 0.5) is 17.2 Å². The van der Waals surface area contributed by atoms with Crippen LogP contribution >= 0.6 is 0 Å². The van der Waals surface area contributed by atoms with Gasteiger partial charge in [0.05, 0.1) is 10.6 Å². The van der Waals surface area contributed by atoms with Crippen molar-refractivity contribution in [1.82, 2.24) is 4.98 Å². The van der Waals surface area contributed by atoms with E-state index in [9.17, 15) is 10.1 Å². The lowest BCUT2D eigenvalue weighted by Gasteiger charge is -2.09. The van der Waals surface area contributed by atoms with Gasteiger partial charge in [-0.25, -0.2) is 4.98 Å². The van der Waals surface area contributed by atoms with E-state index in [2.05, 4.69) is 10.3 Å². The fourth-order valence-electron chi connectivity index (χ4n) is 2.23. The predicted molar refractivity (Wildman–Crippen MR) is 90.8 cm³/mol. The molecule has 114 valence electrons. The Morgan fingerprint density at radius 2 is 1.65 bits per heavy atom. The second-order valence-electron chi connectivity index (χ2n) is 5.18. The van der Waals surface area contributed by atoms with Crippen LogP contribution in [0, 0.1) is 17.0 Å². The maximum Gasteiger partial charge on any atom is 0.311 e. The molecule has 23 heavy (non-hydrogen) atoms. The summed E-state index contributed by atoms with van der Waals surface area (Å²) in [6, 6.07) is 20.3. The molecule has 0 aliphatic heterocycles. The fraction of sp³-hybridized carbons (Fsp3) is 0.0556. The number of nitrogens with zero attached hydrogens (tertiary/aromatic N) is 2. The van der Waals surface area contributed by atoms with Crippen LogP contribution in [-0.2, 0) is 0 Å². The van der Waals surface area contributed by atoms with Gasteiger partial charge in [-0.1, -0.05) is 48.0 Å². The van der Waals surface area contributed by atoms with Gasteiger partial charge in [0, 0.05) is 17.3 Å². The van der Waals surface area contributed by atoms with E-state index in [1.54, 1.807) is 6.07 Å². The largest absolute Gasteiger partial charge is 0.334 e. The number of hydrogen-bond acceptors (Lipinski definition) is 4. The molecule has 0 spiro atoms. The molecule has 3 rings (SSSR count). The number of anilines is 2. The van der Waals surface area contributed by atoms with Crippen molar-refractivity contribution in [3.05, 3.63) is 82.4 Å². The summed E-state index contributed by atoms with van der Waals surface area (Å²) in [4.78, 5) is 15.2. The van der Waals surface area contributed by atoms with Crippen molar-refractivity contribution in [2.75, 3.05) is 5.32 Å². The number of benzene rings is 2. The first-order valence-electron chi connectivity index (χ1n) is 7.18. The number of aromatic nitrogens is 1. The molecule has 0 saturated heterocycles. The maximum absolute atomic E-state index is 11.2. The van der Waals surface area contributed by atoms with Gasteiger partial charge in [0.25, 0.3) is 0 Å². The van der Waals surface area contributed by atoms with E-state index in [-0.39, 0.29) is 11.5 Å². The third-order valence-electron chi connectivity index (χ3n) is 3.45. The second-order valence-corrected chi connectivity index (χ2v) is 5.18. The van der Waals surface area contributed by atoms with Crippen LogP contribution in [0.1, 0.15) is 5.56 Å². The van der Waals surface area contributed by atoms with E-state index in [0.29, 0.717) is 5.69 Å². The highest BCUT2D eigenvalue weighted by Crippen LogP contribution is 2.29. The Balaban J connectivity index is 2.01. The third kappa shape index (κ3) is 3.35. The van der Waals surface area contributed by atoms with Crippen molar-refractivity contribution in [2.24, 2.45) is 0 Å². The van der Waals surface area contributed by atoms with Gasteiger partial charge in [-0.3, -0.25) is 10.1 Å². The quantitative estimate of drug-likeness (QED) is 0.560. The van der Waals surface area contributed by atoms with Gasteiger partial charge in [-0.2, -0.15) is 0 Å². The summed E-state index contributed by atoms with van der Waals surface area (Å²) in [6.45, 7) is 1.99. The van der Waals surface area contributed by atoms with Crippen LogP contribution in [-0.4, -0.2) is 9.91 Å². The Kier molecular flexibility index (Phi) is 4.01. The second kappa shape index (κ2) is 6.27. The van der Waals surface area contributed by atoms with E-state index in [0.717, 1.165) is 16.8 Å². The zero-order valence-corrected chi connectivity index (χ0v) is 12.6. The van der Waals surface area contributed by atoms with Crippen LogP contribution < -0.4 is 5.32 Å². The van der Waals surface area contributed by atoms with Gasteiger partial charge in [0.15, 0.2) is 0 Å². The molecule has 0 atom stereocenters. The summed E-state index contributed by atoms with van der Waals surface area (Å²) in [6.07, 6.45) is 0. The Morgan fingerprint density at radius 3 is 2.30 bits per heavy atom. The van der Waals surface area contributed by atoms with Crippen molar-refractivity contribution in [3.8, 4) is 11.3 Å². The van der Waals surface area contributed by atoms with E-state index in [1.165, 1.54) is 6.07 Å². The normalized spacial score (nSPS) is 10.3. The van der Waals surface area contributed by atoms with Crippen LogP contribution in [0.2, 0.25) is 0 Å². The molecular formula is C18H15N3O2. The summed E-state index contributed by atoms with van der Waals surface area (Å²) < 4.78 is 0. The SMILES string of the molecule is Cc1ccc(Nc2nc(-c3ccccc3)ccc2[N+](=O)[O-])cc1. The monoisotopic (exact) mass is 305 g/mol. The molecule has 1 aromatic heterocycles. The van der Waals surface area contributed by atoms with Crippen LogP contribution in [0.25, 0.3) is 11.3 Å².